The second kappa shape index (κ2) is 11.7. The molecular formula is C27H29F3N6O3. The van der Waals surface area contributed by atoms with Crippen molar-refractivity contribution in [2.75, 3.05) is 25.0 Å². The van der Waals surface area contributed by atoms with Crippen molar-refractivity contribution in [2.45, 2.75) is 39.0 Å². The van der Waals surface area contributed by atoms with E-state index in [1.54, 1.807) is 24.3 Å². The fourth-order valence-corrected chi connectivity index (χ4v) is 4.15. The van der Waals surface area contributed by atoms with Gasteiger partial charge in [-0.05, 0) is 62.0 Å². The molecule has 1 atom stereocenters. The maximum absolute atomic E-state index is 13.4. The van der Waals surface area contributed by atoms with Gasteiger partial charge in [0.05, 0.1) is 5.56 Å². The van der Waals surface area contributed by atoms with E-state index < -0.39 is 23.7 Å². The highest BCUT2D eigenvalue weighted by Gasteiger charge is 2.31. The molecule has 0 saturated carbocycles. The Hall–Kier alpha value is -4.19. The second-order valence-electron chi connectivity index (χ2n) is 9.01. The number of anilines is 1. The summed E-state index contributed by atoms with van der Waals surface area (Å²) in [6, 6.07) is 10.9. The summed E-state index contributed by atoms with van der Waals surface area (Å²) in [5, 5.41) is 5.73. The third-order valence-corrected chi connectivity index (χ3v) is 6.37. The number of nitrogens with zero attached hydrogens (tertiary/aromatic N) is 3. The maximum atomic E-state index is 13.4. The standard InChI is InChI=1S/C27H29F3N6O3/c1-3-36(4-2)15-17-13-18(27(28,29)30)7-10-22(17)39-19-8-5-16(6-9-19)25-34-21(24(31)37)14-23(35-25)33-20-11-12-32-26(20)38/h5-10,13-14,20H,3-4,11-12,15H2,1-2H3,(H2,31,37)(H,32,38)(H,33,34,35)/t20-/m0/s1. The van der Waals surface area contributed by atoms with E-state index in [2.05, 4.69) is 20.6 Å². The van der Waals surface area contributed by atoms with Crippen LogP contribution >= 0.6 is 0 Å². The SMILES string of the molecule is CCN(CC)Cc1cc(C(F)(F)F)ccc1Oc1ccc(-c2nc(N[C@H]3CCNC3=O)cc(C(N)=O)n2)cc1. The van der Waals surface area contributed by atoms with Gasteiger partial charge in [-0.25, -0.2) is 9.97 Å². The zero-order valence-electron chi connectivity index (χ0n) is 21.5. The first-order valence-electron chi connectivity index (χ1n) is 12.5. The number of carbonyl (C=O) groups is 2. The van der Waals surface area contributed by atoms with Gasteiger partial charge in [0.1, 0.15) is 29.1 Å². The van der Waals surface area contributed by atoms with Gasteiger partial charge < -0.3 is 21.1 Å². The van der Waals surface area contributed by atoms with Crippen LogP contribution in [0.25, 0.3) is 11.4 Å². The molecule has 0 spiro atoms. The smallest absolute Gasteiger partial charge is 0.416 e. The predicted molar refractivity (Wildman–Crippen MR) is 139 cm³/mol. The second-order valence-corrected chi connectivity index (χ2v) is 9.01. The van der Waals surface area contributed by atoms with E-state index in [9.17, 15) is 22.8 Å². The minimum Gasteiger partial charge on any atom is -0.457 e. The van der Waals surface area contributed by atoms with Gasteiger partial charge in [-0.15, -0.1) is 0 Å². The number of carbonyl (C=O) groups excluding carboxylic acids is 2. The van der Waals surface area contributed by atoms with Crippen LogP contribution in [-0.4, -0.2) is 52.4 Å². The van der Waals surface area contributed by atoms with Crippen molar-refractivity contribution in [2.24, 2.45) is 5.73 Å². The molecule has 206 valence electrons. The molecular weight excluding hydrogens is 513 g/mol. The summed E-state index contributed by atoms with van der Waals surface area (Å²) >= 11 is 0. The molecule has 1 aliphatic heterocycles. The molecule has 0 aliphatic carbocycles. The fraction of sp³-hybridized carbons (Fsp3) is 0.333. The molecule has 39 heavy (non-hydrogen) atoms. The lowest BCUT2D eigenvalue weighted by Gasteiger charge is -2.21. The van der Waals surface area contributed by atoms with E-state index in [1.807, 2.05) is 18.7 Å². The molecule has 1 aromatic heterocycles. The van der Waals surface area contributed by atoms with E-state index in [1.165, 1.54) is 12.1 Å². The highest BCUT2D eigenvalue weighted by atomic mass is 19.4. The van der Waals surface area contributed by atoms with Crippen molar-refractivity contribution in [1.29, 1.82) is 0 Å². The number of hydrogen-bond donors (Lipinski definition) is 3. The molecule has 0 radical (unpaired) electrons. The average molecular weight is 543 g/mol. The molecule has 0 unspecified atom stereocenters. The lowest BCUT2D eigenvalue weighted by Crippen LogP contribution is -2.30. The van der Waals surface area contributed by atoms with Gasteiger partial charge in [0.25, 0.3) is 5.91 Å². The first-order chi connectivity index (χ1) is 18.6. The van der Waals surface area contributed by atoms with Crippen LogP contribution in [0.4, 0.5) is 19.0 Å². The Morgan fingerprint density at radius 2 is 1.85 bits per heavy atom. The number of alkyl halides is 3. The molecule has 1 aliphatic rings. The Balaban J connectivity index is 1.59. The molecule has 1 saturated heterocycles. The van der Waals surface area contributed by atoms with Gasteiger partial charge in [0.15, 0.2) is 5.82 Å². The van der Waals surface area contributed by atoms with Gasteiger partial charge >= 0.3 is 6.18 Å². The molecule has 3 aromatic rings. The van der Waals surface area contributed by atoms with Crippen molar-refractivity contribution < 1.29 is 27.5 Å². The molecule has 4 N–H and O–H groups in total. The Morgan fingerprint density at radius 1 is 1.13 bits per heavy atom. The molecule has 2 amide bonds. The van der Waals surface area contributed by atoms with Crippen LogP contribution in [0.1, 0.15) is 41.9 Å². The normalized spacial score (nSPS) is 15.3. The largest absolute Gasteiger partial charge is 0.457 e. The third-order valence-electron chi connectivity index (χ3n) is 6.37. The number of hydrogen-bond acceptors (Lipinski definition) is 7. The minimum atomic E-state index is -4.47. The molecule has 9 nitrogen and oxygen atoms in total. The van der Waals surface area contributed by atoms with Gasteiger partial charge in [0.2, 0.25) is 5.91 Å². The van der Waals surface area contributed by atoms with Crippen molar-refractivity contribution >= 4 is 17.6 Å². The summed E-state index contributed by atoms with van der Waals surface area (Å²) in [6.07, 6.45) is -3.90. The Morgan fingerprint density at radius 3 is 2.44 bits per heavy atom. The first-order valence-corrected chi connectivity index (χ1v) is 12.5. The van der Waals surface area contributed by atoms with Crippen LogP contribution in [0.15, 0.2) is 48.5 Å². The van der Waals surface area contributed by atoms with E-state index in [0.29, 0.717) is 55.2 Å². The Labute approximate surface area is 223 Å². The maximum Gasteiger partial charge on any atom is 0.416 e. The molecule has 4 rings (SSSR count). The molecule has 12 heteroatoms. The van der Waals surface area contributed by atoms with Crippen LogP contribution in [-0.2, 0) is 17.5 Å². The molecule has 2 heterocycles. The number of nitrogens with two attached hydrogens (primary N) is 1. The summed E-state index contributed by atoms with van der Waals surface area (Å²) in [7, 11) is 0. The molecule has 1 fully saturated rings. The predicted octanol–water partition coefficient (Wildman–Crippen LogP) is 4.20. The minimum absolute atomic E-state index is 0.0213. The third kappa shape index (κ3) is 6.82. The van der Waals surface area contributed by atoms with Crippen molar-refractivity contribution in [3.8, 4) is 22.9 Å². The van der Waals surface area contributed by atoms with Crippen LogP contribution in [0.3, 0.4) is 0 Å². The number of halogens is 3. The summed E-state index contributed by atoms with van der Waals surface area (Å²) in [5.74, 6) is 0.279. The van der Waals surface area contributed by atoms with E-state index in [4.69, 9.17) is 10.5 Å². The number of aromatic nitrogens is 2. The number of amides is 2. The van der Waals surface area contributed by atoms with Crippen LogP contribution in [0.5, 0.6) is 11.5 Å². The fourth-order valence-electron chi connectivity index (χ4n) is 4.15. The van der Waals surface area contributed by atoms with Crippen molar-refractivity contribution in [3.05, 3.63) is 65.4 Å². The number of ether oxygens (including phenoxy) is 1. The number of benzene rings is 2. The van der Waals surface area contributed by atoms with Gasteiger partial charge in [-0.1, -0.05) is 13.8 Å². The van der Waals surface area contributed by atoms with Crippen LogP contribution < -0.4 is 21.1 Å². The van der Waals surface area contributed by atoms with E-state index in [0.717, 1.165) is 12.1 Å². The number of rotatable bonds is 10. The number of primary amides is 1. The van der Waals surface area contributed by atoms with E-state index in [-0.39, 0.29) is 23.2 Å². The van der Waals surface area contributed by atoms with Crippen molar-refractivity contribution in [1.82, 2.24) is 20.2 Å². The number of nitrogens with one attached hydrogen (secondary N) is 2. The summed E-state index contributed by atoms with van der Waals surface area (Å²) in [6.45, 7) is 6.06. The van der Waals surface area contributed by atoms with Gasteiger partial charge in [-0.3, -0.25) is 14.5 Å². The zero-order valence-corrected chi connectivity index (χ0v) is 21.5. The van der Waals surface area contributed by atoms with E-state index >= 15 is 0 Å². The Kier molecular flexibility index (Phi) is 8.34. The Bertz CT molecular complexity index is 1340. The lowest BCUT2D eigenvalue weighted by atomic mass is 10.1. The molecule has 0 bridgehead atoms. The van der Waals surface area contributed by atoms with Crippen LogP contribution in [0, 0.1) is 0 Å². The van der Waals surface area contributed by atoms with Gasteiger partial charge in [-0.2, -0.15) is 13.2 Å². The lowest BCUT2D eigenvalue weighted by molar-refractivity contribution is -0.137. The van der Waals surface area contributed by atoms with Crippen molar-refractivity contribution in [3.63, 3.8) is 0 Å². The highest BCUT2D eigenvalue weighted by Crippen LogP contribution is 2.35. The zero-order chi connectivity index (χ0) is 28.2. The highest BCUT2D eigenvalue weighted by molar-refractivity contribution is 5.92. The van der Waals surface area contributed by atoms with Gasteiger partial charge in [0, 0.05) is 30.3 Å². The quantitative estimate of drug-likeness (QED) is 0.351. The van der Waals surface area contributed by atoms with Crippen LogP contribution in [0.2, 0.25) is 0 Å². The topological polar surface area (TPSA) is 122 Å². The molecule has 2 aromatic carbocycles. The average Bonchev–Trinajstić information content (AvgIpc) is 3.31. The summed E-state index contributed by atoms with van der Waals surface area (Å²) in [4.78, 5) is 34.5. The summed E-state index contributed by atoms with van der Waals surface area (Å²) in [5.41, 5.74) is 5.65. The monoisotopic (exact) mass is 542 g/mol. The first kappa shape index (κ1) is 27.8. The summed E-state index contributed by atoms with van der Waals surface area (Å²) < 4.78 is 46.0.